The number of anilines is 1. The van der Waals surface area contributed by atoms with Crippen molar-refractivity contribution < 1.29 is 19.0 Å². The highest BCUT2D eigenvalue weighted by Crippen LogP contribution is 2.39. The largest absolute Gasteiger partial charge is 0.493 e. The highest BCUT2D eigenvalue weighted by molar-refractivity contribution is 5.95. The van der Waals surface area contributed by atoms with Crippen LogP contribution in [0, 0.1) is 0 Å². The average Bonchev–Trinajstić information content (AvgIpc) is 3.06. The molecule has 0 spiro atoms. The SMILES string of the molecule is COc1cc(NC(=O)[C@@H](N)Cc2cnc[nH]2)cc(OC)c1OC. The van der Waals surface area contributed by atoms with Gasteiger partial charge in [0.25, 0.3) is 0 Å². The minimum Gasteiger partial charge on any atom is -0.493 e. The topological polar surface area (TPSA) is 111 Å². The maximum atomic E-state index is 12.2. The number of carbonyl (C=O) groups is 1. The molecule has 1 atom stereocenters. The summed E-state index contributed by atoms with van der Waals surface area (Å²) in [5.41, 5.74) is 7.20. The van der Waals surface area contributed by atoms with Crippen molar-refractivity contribution >= 4 is 11.6 Å². The molecule has 4 N–H and O–H groups in total. The molecule has 0 aliphatic rings. The maximum absolute atomic E-state index is 12.2. The van der Waals surface area contributed by atoms with Gasteiger partial charge in [0.1, 0.15) is 0 Å². The van der Waals surface area contributed by atoms with Crippen molar-refractivity contribution in [2.75, 3.05) is 26.6 Å². The number of ether oxygens (including phenoxy) is 3. The van der Waals surface area contributed by atoms with Crippen LogP contribution in [0.1, 0.15) is 5.69 Å². The molecule has 0 fully saturated rings. The Kier molecular flexibility index (Phi) is 5.42. The van der Waals surface area contributed by atoms with E-state index in [1.54, 1.807) is 24.7 Å². The predicted molar refractivity (Wildman–Crippen MR) is 85.0 cm³/mol. The summed E-state index contributed by atoms with van der Waals surface area (Å²) in [6, 6.07) is 2.57. The molecule has 0 aliphatic heterocycles. The minimum absolute atomic E-state index is 0.325. The molecule has 0 aliphatic carbocycles. The van der Waals surface area contributed by atoms with E-state index in [2.05, 4.69) is 15.3 Å². The molecule has 8 heteroatoms. The van der Waals surface area contributed by atoms with Crippen molar-refractivity contribution in [2.24, 2.45) is 5.73 Å². The van der Waals surface area contributed by atoms with Crippen LogP contribution in [-0.4, -0.2) is 43.2 Å². The summed E-state index contributed by atoms with van der Waals surface area (Å²) in [4.78, 5) is 19.0. The number of aromatic nitrogens is 2. The van der Waals surface area contributed by atoms with E-state index in [-0.39, 0.29) is 5.91 Å². The molecule has 1 aromatic heterocycles. The second kappa shape index (κ2) is 7.50. The zero-order valence-electron chi connectivity index (χ0n) is 13.3. The molecule has 1 aromatic carbocycles. The molecule has 1 amide bonds. The number of aromatic amines is 1. The number of rotatable bonds is 7. The summed E-state index contributed by atoms with van der Waals surface area (Å²) in [6.07, 6.45) is 3.53. The Morgan fingerprint density at radius 3 is 2.39 bits per heavy atom. The highest BCUT2D eigenvalue weighted by atomic mass is 16.5. The van der Waals surface area contributed by atoms with Gasteiger partial charge in [-0.2, -0.15) is 0 Å². The van der Waals surface area contributed by atoms with E-state index >= 15 is 0 Å². The Balaban J connectivity index is 2.13. The van der Waals surface area contributed by atoms with Crippen LogP contribution < -0.4 is 25.3 Å². The Morgan fingerprint density at radius 2 is 1.91 bits per heavy atom. The zero-order valence-corrected chi connectivity index (χ0v) is 13.3. The molecule has 1 heterocycles. The van der Waals surface area contributed by atoms with Crippen LogP contribution in [0.15, 0.2) is 24.7 Å². The van der Waals surface area contributed by atoms with E-state index in [0.717, 1.165) is 5.69 Å². The van der Waals surface area contributed by atoms with Crippen LogP contribution >= 0.6 is 0 Å². The number of nitrogens with two attached hydrogens (primary N) is 1. The van der Waals surface area contributed by atoms with Crippen LogP contribution in [0.5, 0.6) is 17.2 Å². The number of H-pyrrole nitrogens is 1. The van der Waals surface area contributed by atoms with Crippen LogP contribution in [0.25, 0.3) is 0 Å². The number of imidazole rings is 1. The monoisotopic (exact) mass is 320 g/mol. The van der Waals surface area contributed by atoms with Crippen molar-refractivity contribution in [3.05, 3.63) is 30.4 Å². The van der Waals surface area contributed by atoms with E-state index in [9.17, 15) is 4.79 Å². The Labute approximate surface area is 133 Å². The van der Waals surface area contributed by atoms with E-state index in [4.69, 9.17) is 19.9 Å². The van der Waals surface area contributed by atoms with Gasteiger partial charge in [-0.15, -0.1) is 0 Å². The van der Waals surface area contributed by atoms with Gasteiger partial charge in [0, 0.05) is 36.1 Å². The summed E-state index contributed by atoms with van der Waals surface area (Å²) >= 11 is 0. The Morgan fingerprint density at radius 1 is 1.26 bits per heavy atom. The minimum atomic E-state index is -0.713. The molecule has 0 unspecified atom stereocenters. The third-order valence-corrected chi connectivity index (χ3v) is 3.26. The van der Waals surface area contributed by atoms with Crippen molar-refractivity contribution in [3.8, 4) is 17.2 Å². The molecule has 0 saturated heterocycles. The molecular weight excluding hydrogens is 300 g/mol. The number of carbonyl (C=O) groups excluding carboxylic acids is 1. The normalized spacial score (nSPS) is 11.7. The lowest BCUT2D eigenvalue weighted by molar-refractivity contribution is -0.117. The van der Waals surface area contributed by atoms with Crippen molar-refractivity contribution in [1.82, 2.24) is 9.97 Å². The lowest BCUT2D eigenvalue weighted by atomic mass is 10.1. The third kappa shape index (κ3) is 3.92. The fourth-order valence-corrected chi connectivity index (χ4v) is 2.11. The van der Waals surface area contributed by atoms with Crippen LogP contribution in [0.3, 0.4) is 0 Å². The summed E-state index contributed by atoms with van der Waals surface area (Å²) in [5.74, 6) is 1.03. The lowest BCUT2D eigenvalue weighted by Crippen LogP contribution is -2.37. The number of amides is 1. The number of hydrogen-bond acceptors (Lipinski definition) is 6. The van der Waals surface area contributed by atoms with Gasteiger partial charge in [-0.3, -0.25) is 4.79 Å². The second-order valence-electron chi connectivity index (χ2n) is 4.79. The van der Waals surface area contributed by atoms with Gasteiger partial charge in [0.05, 0.1) is 33.7 Å². The molecule has 124 valence electrons. The first kappa shape index (κ1) is 16.6. The lowest BCUT2D eigenvalue weighted by Gasteiger charge is -2.16. The van der Waals surface area contributed by atoms with Gasteiger partial charge in [-0.1, -0.05) is 0 Å². The quantitative estimate of drug-likeness (QED) is 0.700. The van der Waals surface area contributed by atoms with Gasteiger partial charge in [-0.05, 0) is 0 Å². The molecule has 23 heavy (non-hydrogen) atoms. The molecule has 2 aromatic rings. The van der Waals surface area contributed by atoms with Crippen LogP contribution in [0.4, 0.5) is 5.69 Å². The first-order valence-corrected chi connectivity index (χ1v) is 6.92. The number of hydrogen-bond donors (Lipinski definition) is 3. The van der Waals surface area contributed by atoms with Crippen molar-refractivity contribution in [1.29, 1.82) is 0 Å². The van der Waals surface area contributed by atoms with Gasteiger partial charge in [0.2, 0.25) is 11.7 Å². The first-order chi connectivity index (χ1) is 11.1. The van der Waals surface area contributed by atoms with E-state index in [1.807, 2.05) is 0 Å². The highest BCUT2D eigenvalue weighted by Gasteiger charge is 2.18. The van der Waals surface area contributed by atoms with E-state index in [0.29, 0.717) is 29.4 Å². The second-order valence-corrected chi connectivity index (χ2v) is 4.79. The van der Waals surface area contributed by atoms with Crippen LogP contribution in [-0.2, 0) is 11.2 Å². The first-order valence-electron chi connectivity index (χ1n) is 6.92. The molecular formula is C15H20N4O4. The molecule has 0 bridgehead atoms. The van der Waals surface area contributed by atoms with Crippen molar-refractivity contribution in [2.45, 2.75) is 12.5 Å². The molecule has 0 radical (unpaired) electrons. The number of benzene rings is 1. The van der Waals surface area contributed by atoms with Gasteiger partial charge in [-0.25, -0.2) is 4.98 Å². The Bertz CT molecular complexity index is 632. The summed E-state index contributed by atoms with van der Waals surface area (Å²) in [7, 11) is 4.53. The summed E-state index contributed by atoms with van der Waals surface area (Å²) < 4.78 is 15.7. The van der Waals surface area contributed by atoms with Gasteiger partial charge < -0.3 is 30.2 Å². The average molecular weight is 320 g/mol. The number of methoxy groups -OCH3 is 3. The van der Waals surface area contributed by atoms with Crippen molar-refractivity contribution in [3.63, 3.8) is 0 Å². The fraction of sp³-hybridized carbons (Fsp3) is 0.333. The maximum Gasteiger partial charge on any atom is 0.241 e. The summed E-state index contributed by atoms with van der Waals surface area (Å²) in [5, 5.41) is 2.74. The zero-order chi connectivity index (χ0) is 16.8. The standard InChI is InChI=1S/C15H20N4O4/c1-21-12-5-9(6-13(22-2)14(12)23-3)19-15(20)11(16)4-10-7-17-8-18-10/h5-8,11H,4,16H2,1-3H3,(H,17,18)(H,19,20)/t11-/m0/s1. The van der Waals surface area contributed by atoms with E-state index < -0.39 is 6.04 Å². The fourth-order valence-electron chi connectivity index (χ4n) is 2.11. The number of nitrogens with zero attached hydrogens (tertiary/aromatic N) is 1. The number of nitrogens with one attached hydrogen (secondary N) is 2. The van der Waals surface area contributed by atoms with Crippen LogP contribution in [0.2, 0.25) is 0 Å². The predicted octanol–water partition coefficient (Wildman–Crippen LogP) is 0.944. The smallest absolute Gasteiger partial charge is 0.241 e. The van der Waals surface area contributed by atoms with Gasteiger partial charge in [0.15, 0.2) is 11.5 Å². The molecule has 2 rings (SSSR count). The molecule has 0 saturated carbocycles. The summed E-state index contributed by atoms with van der Waals surface area (Å²) in [6.45, 7) is 0. The third-order valence-electron chi connectivity index (χ3n) is 3.26. The van der Waals surface area contributed by atoms with E-state index in [1.165, 1.54) is 21.3 Å². The molecule has 8 nitrogen and oxygen atoms in total. The Hall–Kier alpha value is -2.74. The van der Waals surface area contributed by atoms with Gasteiger partial charge >= 0.3 is 0 Å².